The normalized spacial score (nSPS) is 10.7. The maximum absolute atomic E-state index is 11.0. The van der Waals surface area contributed by atoms with Gasteiger partial charge in [-0.05, 0) is 24.6 Å². The minimum absolute atomic E-state index is 0.0813. The molecule has 2 aromatic heterocycles. The van der Waals surface area contributed by atoms with Crippen molar-refractivity contribution >= 4 is 5.97 Å². The molecule has 0 spiro atoms. The summed E-state index contributed by atoms with van der Waals surface area (Å²) in [5.41, 5.74) is 3.02. The van der Waals surface area contributed by atoms with E-state index in [9.17, 15) is 9.90 Å². The van der Waals surface area contributed by atoms with Crippen LogP contribution >= 0.6 is 0 Å². The number of benzene rings is 1. The van der Waals surface area contributed by atoms with Gasteiger partial charge in [-0.1, -0.05) is 29.8 Å². The topological polar surface area (TPSA) is 88.2 Å². The first-order valence-corrected chi connectivity index (χ1v) is 7.06. The van der Waals surface area contributed by atoms with Crippen molar-refractivity contribution in [3.63, 3.8) is 0 Å². The lowest BCUT2D eigenvalue weighted by Gasteiger charge is -2.03. The summed E-state index contributed by atoms with van der Waals surface area (Å²) in [6.45, 7) is 2.02. The zero-order valence-electron chi connectivity index (χ0n) is 12.5. The predicted octanol–water partition coefficient (Wildman–Crippen LogP) is 2.57. The van der Waals surface area contributed by atoms with Gasteiger partial charge in [-0.2, -0.15) is 9.78 Å². The fraction of sp³-hybridized carbons (Fsp3) is 0.118. The first kappa shape index (κ1) is 14.8. The van der Waals surface area contributed by atoms with Crippen LogP contribution < -0.4 is 0 Å². The van der Waals surface area contributed by atoms with Gasteiger partial charge in [0.05, 0.1) is 11.3 Å². The maximum Gasteiger partial charge on any atom is 0.335 e. The van der Waals surface area contributed by atoms with Crippen molar-refractivity contribution in [1.29, 1.82) is 0 Å². The molecule has 3 rings (SSSR count). The molecule has 0 unspecified atom stereocenters. The predicted molar refractivity (Wildman–Crippen MR) is 84.0 cm³/mol. The Hall–Kier alpha value is -3.15. The average Bonchev–Trinajstić information content (AvgIpc) is 2.90. The van der Waals surface area contributed by atoms with E-state index in [1.165, 1.54) is 28.6 Å². The van der Waals surface area contributed by atoms with Crippen molar-refractivity contribution in [2.24, 2.45) is 0 Å². The van der Waals surface area contributed by atoms with Crippen LogP contribution in [0.5, 0.6) is 5.88 Å². The first-order chi connectivity index (χ1) is 11.0. The summed E-state index contributed by atoms with van der Waals surface area (Å²) in [6.07, 6.45) is 1.94. The van der Waals surface area contributed by atoms with E-state index in [1.54, 1.807) is 6.07 Å². The van der Waals surface area contributed by atoms with Crippen LogP contribution in [0.15, 0.2) is 48.7 Å². The minimum atomic E-state index is -1.06. The summed E-state index contributed by atoms with van der Waals surface area (Å²) in [6, 6.07) is 12.4. The van der Waals surface area contributed by atoms with Gasteiger partial charge in [0.2, 0.25) is 5.88 Å². The van der Waals surface area contributed by atoms with Crippen molar-refractivity contribution in [1.82, 2.24) is 14.8 Å². The molecule has 0 saturated carbocycles. The largest absolute Gasteiger partial charge is 0.493 e. The number of carboxylic acids is 1. The molecular weight excluding hydrogens is 294 g/mol. The summed E-state index contributed by atoms with van der Waals surface area (Å²) in [4.78, 5) is 15.1. The third kappa shape index (κ3) is 3.21. The SMILES string of the molecule is Cc1ccc(Cc2cc(O)n(-c3cc(C(=O)O)ccn3)n2)cc1. The highest BCUT2D eigenvalue weighted by atomic mass is 16.4. The second kappa shape index (κ2) is 5.92. The highest BCUT2D eigenvalue weighted by Crippen LogP contribution is 2.19. The Kier molecular flexibility index (Phi) is 3.80. The average molecular weight is 309 g/mol. The number of rotatable bonds is 4. The zero-order chi connectivity index (χ0) is 16.4. The summed E-state index contributed by atoms with van der Waals surface area (Å²) in [5.74, 6) is -0.875. The lowest BCUT2D eigenvalue weighted by atomic mass is 10.1. The molecular formula is C17H15N3O3. The van der Waals surface area contributed by atoms with E-state index < -0.39 is 5.97 Å². The van der Waals surface area contributed by atoms with E-state index in [0.29, 0.717) is 12.1 Å². The molecule has 0 aliphatic heterocycles. The standard InChI is InChI=1S/C17H15N3O3/c1-11-2-4-12(5-3-11)8-14-10-16(21)20(19-14)15-9-13(17(22)23)6-7-18-15/h2-7,9-10,21H,8H2,1H3,(H,22,23). The molecule has 0 saturated heterocycles. The first-order valence-electron chi connectivity index (χ1n) is 7.06. The number of nitrogens with zero attached hydrogens (tertiary/aromatic N) is 3. The Labute approximate surface area is 132 Å². The van der Waals surface area contributed by atoms with E-state index in [-0.39, 0.29) is 17.3 Å². The van der Waals surface area contributed by atoms with E-state index in [1.807, 2.05) is 31.2 Å². The number of aryl methyl sites for hydroxylation is 1. The lowest BCUT2D eigenvalue weighted by molar-refractivity contribution is 0.0696. The second-order valence-electron chi connectivity index (χ2n) is 5.28. The fourth-order valence-corrected chi connectivity index (χ4v) is 2.26. The molecule has 23 heavy (non-hydrogen) atoms. The van der Waals surface area contributed by atoms with Crippen molar-refractivity contribution in [2.75, 3.05) is 0 Å². The Morgan fingerprint density at radius 2 is 1.91 bits per heavy atom. The van der Waals surface area contributed by atoms with E-state index in [0.717, 1.165) is 5.56 Å². The molecule has 6 heteroatoms. The summed E-state index contributed by atoms with van der Waals surface area (Å²) >= 11 is 0. The molecule has 6 nitrogen and oxygen atoms in total. The molecule has 0 bridgehead atoms. The van der Waals surface area contributed by atoms with Gasteiger partial charge in [-0.25, -0.2) is 9.78 Å². The number of carbonyl (C=O) groups is 1. The number of aromatic hydroxyl groups is 1. The van der Waals surface area contributed by atoms with Crippen molar-refractivity contribution < 1.29 is 15.0 Å². The van der Waals surface area contributed by atoms with Gasteiger partial charge >= 0.3 is 5.97 Å². The van der Waals surface area contributed by atoms with Crippen molar-refractivity contribution in [3.8, 4) is 11.7 Å². The third-order valence-electron chi connectivity index (χ3n) is 3.46. The van der Waals surface area contributed by atoms with Crippen LogP contribution in [0, 0.1) is 6.92 Å². The molecule has 0 radical (unpaired) electrons. The minimum Gasteiger partial charge on any atom is -0.493 e. The van der Waals surface area contributed by atoms with Crippen LogP contribution in [0.3, 0.4) is 0 Å². The van der Waals surface area contributed by atoms with Crippen LogP contribution in [-0.4, -0.2) is 30.9 Å². The number of aromatic nitrogens is 3. The number of hydrogen-bond acceptors (Lipinski definition) is 4. The fourth-order valence-electron chi connectivity index (χ4n) is 2.26. The summed E-state index contributed by atoms with van der Waals surface area (Å²) < 4.78 is 1.23. The molecule has 2 heterocycles. The molecule has 2 N–H and O–H groups in total. The maximum atomic E-state index is 11.0. The summed E-state index contributed by atoms with van der Waals surface area (Å²) in [7, 11) is 0. The molecule has 1 aromatic carbocycles. The van der Waals surface area contributed by atoms with Gasteiger partial charge in [0.15, 0.2) is 5.82 Å². The number of aromatic carboxylic acids is 1. The number of hydrogen-bond donors (Lipinski definition) is 2. The van der Waals surface area contributed by atoms with Gasteiger partial charge in [-0.3, -0.25) is 0 Å². The quantitative estimate of drug-likeness (QED) is 0.773. The van der Waals surface area contributed by atoms with Crippen LogP contribution in [0.4, 0.5) is 0 Å². The molecule has 116 valence electrons. The second-order valence-corrected chi connectivity index (χ2v) is 5.28. The van der Waals surface area contributed by atoms with Crippen LogP contribution in [0.1, 0.15) is 27.2 Å². The molecule has 0 aliphatic rings. The van der Waals surface area contributed by atoms with E-state index in [4.69, 9.17) is 5.11 Å². The highest BCUT2D eigenvalue weighted by Gasteiger charge is 2.12. The van der Waals surface area contributed by atoms with Crippen molar-refractivity contribution in [2.45, 2.75) is 13.3 Å². The summed E-state index contributed by atoms with van der Waals surface area (Å²) in [5, 5.41) is 23.4. The van der Waals surface area contributed by atoms with Gasteiger partial charge < -0.3 is 10.2 Å². The zero-order valence-corrected chi connectivity index (χ0v) is 12.5. The van der Waals surface area contributed by atoms with Crippen molar-refractivity contribution in [3.05, 3.63) is 71.0 Å². The molecule has 0 amide bonds. The number of pyridine rings is 1. The lowest BCUT2D eigenvalue weighted by Crippen LogP contribution is -2.04. The third-order valence-corrected chi connectivity index (χ3v) is 3.46. The van der Waals surface area contributed by atoms with E-state index >= 15 is 0 Å². The number of carboxylic acid groups (broad SMARTS) is 1. The Morgan fingerprint density at radius 3 is 2.61 bits per heavy atom. The van der Waals surface area contributed by atoms with Crippen LogP contribution in [0.25, 0.3) is 5.82 Å². The van der Waals surface area contributed by atoms with Gasteiger partial charge in [0, 0.05) is 18.7 Å². The Bertz CT molecular complexity index is 854. The van der Waals surface area contributed by atoms with Gasteiger partial charge in [0.1, 0.15) is 0 Å². The van der Waals surface area contributed by atoms with Gasteiger partial charge in [0.25, 0.3) is 0 Å². The molecule has 0 fully saturated rings. The van der Waals surface area contributed by atoms with Crippen LogP contribution in [0.2, 0.25) is 0 Å². The van der Waals surface area contributed by atoms with E-state index in [2.05, 4.69) is 10.1 Å². The van der Waals surface area contributed by atoms with Gasteiger partial charge in [-0.15, -0.1) is 0 Å². The smallest absolute Gasteiger partial charge is 0.335 e. The Balaban J connectivity index is 1.90. The molecule has 3 aromatic rings. The molecule has 0 atom stereocenters. The molecule has 0 aliphatic carbocycles. The highest BCUT2D eigenvalue weighted by molar-refractivity contribution is 5.87. The van der Waals surface area contributed by atoms with Crippen LogP contribution in [-0.2, 0) is 6.42 Å². The Morgan fingerprint density at radius 1 is 1.17 bits per heavy atom. The monoisotopic (exact) mass is 309 g/mol.